The first-order chi connectivity index (χ1) is 17.4. The van der Waals surface area contributed by atoms with Gasteiger partial charge in [0.25, 0.3) is 5.91 Å². The second-order valence-electron chi connectivity index (χ2n) is 9.48. The lowest BCUT2D eigenvalue weighted by molar-refractivity contribution is -0.121. The molecule has 7 N–H and O–H groups in total. The van der Waals surface area contributed by atoms with Gasteiger partial charge in [-0.05, 0) is 73.3 Å². The van der Waals surface area contributed by atoms with Crippen molar-refractivity contribution in [2.24, 2.45) is 11.7 Å². The highest BCUT2D eigenvalue weighted by Crippen LogP contribution is 2.41. The molecule has 196 valence electrons. The zero-order chi connectivity index (χ0) is 27.6. The summed E-state index contributed by atoms with van der Waals surface area (Å²) in [7, 11) is 3.15. The standard InChI is InChI=1S/C28H33N3O6/c1-5-20(32)24(28(30)37)27(36)25(31(3)4)22(34)13-16-12-19-18(15-7-6-8-17(29)11-15)9-10-21(33)23(19)26(35)14(16)2/h6-11,16,22,25,33-34,36H,2,5,12-13,29H2,1,3-4H3,(H2,30,37)/b27-24-/t16-,22-,25-/m0/s1. The number of carbonyl (C=O) groups excluding carboxylic acids is 3. The van der Waals surface area contributed by atoms with Crippen LogP contribution in [0.2, 0.25) is 0 Å². The van der Waals surface area contributed by atoms with Crippen LogP contribution in [0.15, 0.2) is 59.9 Å². The molecule has 0 bridgehead atoms. The van der Waals surface area contributed by atoms with E-state index in [2.05, 4.69) is 6.58 Å². The first-order valence-corrected chi connectivity index (χ1v) is 11.9. The van der Waals surface area contributed by atoms with Crippen molar-refractivity contribution < 1.29 is 29.7 Å². The maximum Gasteiger partial charge on any atom is 0.255 e. The highest BCUT2D eigenvalue weighted by Gasteiger charge is 2.38. The van der Waals surface area contributed by atoms with Gasteiger partial charge in [-0.15, -0.1) is 0 Å². The smallest absolute Gasteiger partial charge is 0.255 e. The quantitative estimate of drug-likeness (QED) is 0.113. The third-order valence-electron chi connectivity index (χ3n) is 6.78. The van der Waals surface area contributed by atoms with Crippen molar-refractivity contribution in [1.29, 1.82) is 0 Å². The number of likely N-dealkylation sites (N-methyl/N-ethyl adjacent to an activating group) is 1. The average Bonchev–Trinajstić information content (AvgIpc) is 2.81. The molecule has 0 saturated heterocycles. The van der Waals surface area contributed by atoms with Crippen LogP contribution in [0.3, 0.4) is 0 Å². The van der Waals surface area contributed by atoms with Crippen LogP contribution in [-0.4, -0.2) is 63.9 Å². The number of aliphatic hydroxyl groups is 2. The second kappa shape index (κ2) is 11.0. The number of rotatable bonds is 9. The molecule has 2 aromatic rings. The molecule has 0 aromatic heterocycles. The maximum atomic E-state index is 13.3. The Hall–Kier alpha value is -3.95. The van der Waals surface area contributed by atoms with Gasteiger partial charge in [0.2, 0.25) is 0 Å². The molecule has 0 radical (unpaired) electrons. The number of hydrogen-bond donors (Lipinski definition) is 5. The fourth-order valence-electron chi connectivity index (χ4n) is 4.94. The Kier molecular flexibility index (Phi) is 8.20. The number of ketones is 2. The Labute approximate surface area is 215 Å². The lowest BCUT2D eigenvalue weighted by atomic mass is 9.74. The highest BCUT2D eigenvalue weighted by atomic mass is 16.3. The number of anilines is 1. The minimum atomic E-state index is -1.29. The highest BCUT2D eigenvalue weighted by molar-refractivity contribution is 6.19. The van der Waals surface area contributed by atoms with Crippen molar-refractivity contribution >= 4 is 23.2 Å². The maximum absolute atomic E-state index is 13.3. The Balaban J connectivity index is 2.03. The van der Waals surface area contributed by atoms with Crippen molar-refractivity contribution in [3.05, 3.63) is 71.0 Å². The molecule has 1 aliphatic rings. The molecule has 9 heteroatoms. The lowest BCUT2D eigenvalue weighted by Gasteiger charge is -2.34. The molecule has 0 unspecified atom stereocenters. The number of phenolic OH excluding ortho intramolecular Hbond substituents is 1. The number of benzene rings is 2. The van der Waals surface area contributed by atoms with E-state index in [9.17, 15) is 29.7 Å². The van der Waals surface area contributed by atoms with Gasteiger partial charge in [-0.3, -0.25) is 19.3 Å². The Morgan fingerprint density at radius 3 is 2.46 bits per heavy atom. The van der Waals surface area contributed by atoms with Crippen molar-refractivity contribution in [3.63, 3.8) is 0 Å². The first-order valence-electron chi connectivity index (χ1n) is 11.9. The molecule has 0 heterocycles. The summed E-state index contributed by atoms with van der Waals surface area (Å²) in [5.41, 5.74) is 13.7. The molecule has 1 aliphatic carbocycles. The van der Waals surface area contributed by atoms with Crippen LogP contribution < -0.4 is 11.5 Å². The predicted octanol–water partition coefficient (Wildman–Crippen LogP) is 2.51. The molecule has 0 aliphatic heterocycles. The molecule has 9 nitrogen and oxygen atoms in total. The Bertz CT molecular complexity index is 1300. The van der Waals surface area contributed by atoms with Gasteiger partial charge >= 0.3 is 0 Å². The number of allylic oxidation sites excluding steroid dienone is 1. The number of amides is 1. The molecule has 3 atom stereocenters. The molecule has 3 rings (SSSR count). The normalized spacial score (nSPS) is 17.7. The van der Waals surface area contributed by atoms with E-state index in [-0.39, 0.29) is 36.1 Å². The van der Waals surface area contributed by atoms with Gasteiger partial charge in [0.05, 0.1) is 17.7 Å². The number of hydrogen-bond acceptors (Lipinski definition) is 8. The van der Waals surface area contributed by atoms with E-state index in [1.54, 1.807) is 38.4 Å². The number of phenols is 1. The third-order valence-corrected chi connectivity index (χ3v) is 6.78. The van der Waals surface area contributed by atoms with Crippen LogP contribution in [0.4, 0.5) is 5.69 Å². The van der Waals surface area contributed by atoms with Crippen LogP contribution in [-0.2, 0) is 16.0 Å². The van der Waals surface area contributed by atoms with Crippen LogP contribution in [0.1, 0.15) is 35.7 Å². The fourth-order valence-corrected chi connectivity index (χ4v) is 4.94. The van der Waals surface area contributed by atoms with Gasteiger partial charge < -0.3 is 26.8 Å². The SMILES string of the molecule is C=C1C(=O)c2c(O)ccc(-c3cccc(N)c3)c2C[C@H]1C[C@H](O)[C@@H](/C(O)=C(/C(N)=O)C(=O)CC)N(C)C. The number of aliphatic hydroxyl groups excluding tert-OH is 2. The van der Waals surface area contributed by atoms with Gasteiger partial charge in [0.15, 0.2) is 11.6 Å². The number of primary amides is 1. The summed E-state index contributed by atoms with van der Waals surface area (Å²) in [5.74, 6) is -3.51. The zero-order valence-corrected chi connectivity index (χ0v) is 21.2. The number of nitrogens with two attached hydrogens (primary N) is 2. The number of fused-ring (bicyclic) bond motifs is 1. The van der Waals surface area contributed by atoms with Crippen molar-refractivity contribution in [2.75, 3.05) is 19.8 Å². The Morgan fingerprint density at radius 2 is 1.89 bits per heavy atom. The van der Waals surface area contributed by atoms with E-state index in [1.165, 1.54) is 17.9 Å². The van der Waals surface area contributed by atoms with E-state index in [0.29, 0.717) is 11.3 Å². The van der Waals surface area contributed by atoms with Gasteiger partial charge in [0.1, 0.15) is 17.1 Å². The van der Waals surface area contributed by atoms with Crippen molar-refractivity contribution in [2.45, 2.75) is 38.3 Å². The summed E-state index contributed by atoms with van der Waals surface area (Å²) in [6.45, 7) is 5.46. The molecule has 2 aromatic carbocycles. The van der Waals surface area contributed by atoms with E-state index >= 15 is 0 Å². The van der Waals surface area contributed by atoms with Gasteiger partial charge in [-0.25, -0.2) is 0 Å². The number of Topliss-reactive ketones (excluding diaryl/α,β-unsaturated/α-hetero) is 2. The third kappa shape index (κ3) is 5.42. The minimum absolute atomic E-state index is 0.0185. The largest absolute Gasteiger partial charge is 0.510 e. The summed E-state index contributed by atoms with van der Waals surface area (Å²) in [6, 6.07) is 9.18. The summed E-state index contributed by atoms with van der Waals surface area (Å²) in [4.78, 5) is 39.0. The van der Waals surface area contributed by atoms with Crippen LogP contribution in [0.25, 0.3) is 11.1 Å². The number of aromatic hydroxyl groups is 1. The van der Waals surface area contributed by atoms with E-state index in [0.717, 1.165) is 11.1 Å². The first kappa shape index (κ1) is 27.6. The van der Waals surface area contributed by atoms with Crippen molar-refractivity contribution in [1.82, 2.24) is 4.90 Å². The van der Waals surface area contributed by atoms with E-state index in [1.807, 2.05) is 6.07 Å². The average molecular weight is 508 g/mol. The molecule has 0 fully saturated rings. The summed E-state index contributed by atoms with van der Waals surface area (Å²) in [5, 5.41) is 32.6. The van der Waals surface area contributed by atoms with Gasteiger partial charge in [-0.2, -0.15) is 0 Å². The van der Waals surface area contributed by atoms with Gasteiger partial charge in [-0.1, -0.05) is 31.7 Å². The molecular weight excluding hydrogens is 474 g/mol. The number of nitrogen functional groups attached to an aromatic ring is 1. The minimum Gasteiger partial charge on any atom is -0.510 e. The number of nitrogens with zero attached hydrogens (tertiary/aromatic N) is 1. The molecule has 0 saturated carbocycles. The van der Waals surface area contributed by atoms with E-state index in [4.69, 9.17) is 11.5 Å². The summed E-state index contributed by atoms with van der Waals surface area (Å²) < 4.78 is 0. The van der Waals surface area contributed by atoms with Crippen LogP contribution >= 0.6 is 0 Å². The predicted molar refractivity (Wildman–Crippen MR) is 141 cm³/mol. The fraction of sp³-hybridized carbons (Fsp3) is 0.321. The van der Waals surface area contributed by atoms with E-state index < -0.39 is 46.9 Å². The summed E-state index contributed by atoms with van der Waals surface area (Å²) in [6.07, 6.45) is -1.09. The molecule has 37 heavy (non-hydrogen) atoms. The monoisotopic (exact) mass is 507 g/mol. The number of carbonyl (C=O) groups is 3. The second-order valence-corrected chi connectivity index (χ2v) is 9.48. The lowest BCUT2D eigenvalue weighted by Crippen LogP contribution is -2.44. The summed E-state index contributed by atoms with van der Waals surface area (Å²) >= 11 is 0. The van der Waals surface area contributed by atoms with Crippen LogP contribution in [0.5, 0.6) is 5.75 Å². The molecule has 1 amide bonds. The topological polar surface area (TPSA) is 167 Å². The Morgan fingerprint density at radius 1 is 1.22 bits per heavy atom. The van der Waals surface area contributed by atoms with Gasteiger partial charge in [0, 0.05) is 12.1 Å². The molecule has 0 spiro atoms. The van der Waals surface area contributed by atoms with Crippen LogP contribution in [0, 0.1) is 5.92 Å². The molecular formula is C28H33N3O6. The zero-order valence-electron chi connectivity index (χ0n) is 21.2. The van der Waals surface area contributed by atoms with Crippen molar-refractivity contribution in [3.8, 4) is 16.9 Å².